The molecule has 0 radical (unpaired) electrons. The summed E-state index contributed by atoms with van der Waals surface area (Å²) in [6, 6.07) is 20.9. The number of aryl methyl sites for hydroxylation is 1. The lowest BCUT2D eigenvalue weighted by Gasteiger charge is -2.10. The number of rotatable bonds is 4. The highest BCUT2D eigenvalue weighted by Crippen LogP contribution is 2.29. The van der Waals surface area contributed by atoms with Gasteiger partial charge in [-0.05, 0) is 40.8 Å². The molecule has 0 aliphatic heterocycles. The molecule has 106 valence electrons. The number of hydrogen-bond donors (Lipinski definition) is 1. The molecule has 3 rings (SSSR count). The van der Waals surface area contributed by atoms with Crippen LogP contribution in [0.25, 0.3) is 10.8 Å². The van der Waals surface area contributed by atoms with Crippen LogP contribution in [0.15, 0.2) is 60.7 Å². The number of phenols is 1. The molecule has 0 unspecified atom stereocenters. The Morgan fingerprint density at radius 2 is 1.67 bits per heavy atom. The van der Waals surface area contributed by atoms with Crippen LogP contribution in [0, 0.1) is 0 Å². The Kier molecular flexibility index (Phi) is 3.92. The van der Waals surface area contributed by atoms with Gasteiger partial charge >= 0.3 is 0 Å². The minimum absolute atomic E-state index is 0.417. The fourth-order valence-corrected chi connectivity index (χ4v) is 2.89. The zero-order valence-corrected chi connectivity index (χ0v) is 12.3. The van der Waals surface area contributed by atoms with Gasteiger partial charge in [0.15, 0.2) is 0 Å². The summed E-state index contributed by atoms with van der Waals surface area (Å²) in [6.45, 7) is 2.14. The van der Waals surface area contributed by atoms with E-state index in [2.05, 4.69) is 49.4 Å². The van der Waals surface area contributed by atoms with E-state index in [0.717, 1.165) is 24.8 Å². The molecule has 0 saturated carbocycles. The van der Waals surface area contributed by atoms with Crippen LogP contribution in [0.2, 0.25) is 0 Å². The van der Waals surface area contributed by atoms with Crippen molar-refractivity contribution < 1.29 is 5.11 Å². The number of hydrogen-bond acceptors (Lipinski definition) is 1. The summed E-state index contributed by atoms with van der Waals surface area (Å²) in [5.41, 5.74) is 3.70. The molecule has 0 aliphatic rings. The first-order chi connectivity index (χ1) is 10.3. The van der Waals surface area contributed by atoms with Crippen molar-refractivity contribution in [2.45, 2.75) is 26.2 Å². The van der Waals surface area contributed by atoms with Crippen LogP contribution in [-0.2, 0) is 12.8 Å². The molecule has 0 aliphatic carbocycles. The van der Waals surface area contributed by atoms with Crippen molar-refractivity contribution in [2.75, 3.05) is 0 Å². The highest BCUT2D eigenvalue weighted by atomic mass is 16.3. The maximum atomic E-state index is 10.0. The van der Waals surface area contributed by atoms with E-state index in [9.17, 15) is 5.11 Å². The van der Waals surface area contributed by atoms with Crippen molar-refractivity contribution in [1.82, 2.24) is 0 Å². The first-order valence-corrected chi connectivity index (χ1v) is 7.55. The molecule has 0 heterocycles. The number of phenolic OH excluding ortho intramolecular Hbond substituents is 1. The van der Waals surface area contributed by atoms with Crippen LogP contribution < -0.4 is 0 Å². The predicted octanol–water partition coefficient (Wildman–Crippen LogP) is 5.09. The van der Waals surface area contributed by atoms with Gasteiger partial charge < -0.3 is 5.11 Å². The molecular weight excluding hydrogens is 256 g/mol. The maximum Gasteiger partial charge on any atom is 0.119 e. The largest absolute Gasteiger partial charge is 0.508 e. The third-order valence-electron chi connectivity index (χ3n) is 3.92. The summed E-state index contributed by atoms with van der Waals surface area (Å²) in [6.07, 6.45) is 2.90. The Hall–Kier alpha value is -2.28. The quantitative estimate of drug-likeness (QED) is 0.703. The minimum Gasteiger partial charge on any atom is -0.508 e. The fourth-order valence-electron chi connectivity index (χ4n) is 2.89. The summed E-state index contributed by atoms with van der Waals surface area (Å²) in [7, 11) is 0. The molecule has 3 aromatic carbocycles. The van der Waals surface area contributed by atoms with Gasteiger partial charge in [-0.3, -0.25) is 0 Å². The van der Waals surface area contributed by atoms with Crippen LogP contribution in [0.5, 0.6) is 5.75 Å². The Morgan fingerprint density at radius 3 is 2.43 bits per heavy atom. The minimum atomic E-state index is 0.417. The summed E-state index contributed by atoms with van der Waals surface area (Å²) in [5.74, 6) is 0.417. The van der Waals surface area contributed by atoms with Gasteiger partial charge in [-0.15, -0.1) is 0 Å². The van der Waals surface area contributed by atoms with E-state index in [4.69, 9.17) is 0 Å². The fraction of sp³-hybridized carbons (Fsp3) is 0.200. The number of benzene rings is 3. The van der Waals surface area contributed by atoms with E-state index < -0.39 is 0 Å². The van der Waals surface area contributed by atoms with Crippen LogP contribution >= 0.6 is 0 Å². The van der Waals surface area contributed by atoms with Crippen molar-refractivity contribution in [3.05, 3.63) is 77.4 Å². The van der Waals surface area contributed by atoms with Gasteiger partial charge in [0.25, 0.3) is 0 Å². The molecule has 1 heteroatoms. The SMILES string of the molecule is CCCc1c(O)ccc2cc(Cc3ccccc3)ccc12. The summed E-state index contributed by atoms with van der Waals surface area (Å²) < 4.78 is 0. The standard InChI is InChI=1S/C20H20O/c1-2-6-19-18-11-9-16(13-15-7-4-3-5-8-15)14-17(18)10-12-20(19)21/h3-5,7-12,14,21H,2,6,13H2,1H3. The predicted molar refractivity (Wildman–Crippen MR) is 88.9 cm³/mol. The third kappa shape index (κ3) is 2.92. The second kappa shape index (κ2) is 6.01. The normalized spacial score (nSPS) is 10.9. The van der Waals surface area contributed by atoms with Crippen molar-refractivity contribution >= 4 is 10.8 Å². The molecule has 0 fully saturated rings. The highest BCUT2D eigenvalue weighted by molar-refractivity contribution is 5.88. The molecule has 0 aromatic heterocycles. The Labute approximate surface area is 125 Å². The molecule has 0 bridgehead atoms. The van der Waals surface area contributed by atoms with Gasteiger partial charge in [0.2, 0.25) is 0 Å². The molecular formula is C20H20O. The molecule has 21 heavy (non-hydrogen) atoms. The van der Waals surface area contributed by atoms with Gasteiger partial charge in [0.1, 0.15) is 5.75 Å². The molecule has 0 saturated heterocycles. The van der Waals surface area contributed by atoms with Gasteiger partial charge in [-0.1, -0.05) is 67.9 Å². The third-order valence-corrected chi connectivity index (χ3v) is 3.92. The first-order valence-electron chi connectivity index (χ1n) is 7.55. The number of fused-ring (bicyclic) bond motifs is 1. The molecule has 1 N–H and O–H groups in total. The Bertz CT molecular complexity index is 744. The summed E-state index contributed by atoms with van der Waals surface area (Å²) in [5, 5.41) is 12.4. The lowest BCUT2D eigenvalue weighted by Crippen LogP contribution is -1.91. The zero-order valence-electron chi connectivity index (χ0n) is 12.3. The van der Waals surface area contributed by atoms with Crippen molar-refractivity contribution in [2.24, 2.45) is 0 Å². The van der Waals surface area contributed by atoms with Crippen LogP contribution in [0.3, 0.4) is 0 Å². The van der Waals surface area contributed by atoms with Gasteiger partial charge in [0.05, 0.1) is 0 Å². The van der Waals surface area contributed by atoms with Gasteiger partial charge in [0, 0.05) is 5.56 Å². The smallest absolute Gasteiger partial charge is 0.119 e. The van der Waals surface area contributed by atoms with Gasteiger partial charge in [-0.2, -0.15) is 0 Å². The van der Waals surface area contributed by atoms with Crippen molar-refractivity contribution in [3.8, 4) is 5.75 Å². The second-order valence-electron chi connectivity index (χ2n) is 5.53. The van der Waals surface area contributed by atoms with E-state index in [-0.39, 0.29) is 0 Å². The van der Waals surface area contributed by atoms with Crippen LogP contribution in [-0.4, -0.2) is 5.11 Å². The lowest BCUT2D eigenvalue weighted by molar-refractivity contribution is 0.469. The van der Waals surface area contributed by atoms with E-state index >= 15 is 0 Å². The van der Waals surface area contributed by atoms with E-state index in [1.165, 1.54) is 21.9 Å². The first kappa shape index (κ1) is 13.7. The van der Waals surface area contributed by atoms with E-state index in [1.54, 1.807) is 0 Å². The summed E-state index contributed by atoms with van der Waals surface area (Å²) in [4.78, 5) is 0. The van der Waals surface area contributed by atoms with Crippen LogP contribution in [0.4, 0.5) is 0 Å². The Morgan fingerprint density at radius 1 is 0.857 bits per heavy atom. The Balaban J connectivity index is 1.99. The molecule has 1 nitrogen and oxygen atoms in total. The second-order valence-corrected chi connectivity index (χ2v) is 5.53. The molecule has 3 aromatic rings. The van der Waals surface area contributed by atoms with Crippen molar-refractivity contribution in [3.63, 3.8) is 0 Å². The highest BCUT2D eigenvalue weighted by Gasteiger charge is 2.07. The topological polar surface area (TPSA) is 20.2 Å². The maximum absolute atomic E-state index is 10.0. The average Bonchev–Trinajstić information content (AvgIpc) is 2.51. The lowest BCUT2D eigenvalue weighted by atomic mass is 9.96. The summed E-state index contributed by atoms with van der Waals surface area (Å²) >= 11 is 0. The monoisotopic (exact) mass is 276 g/mol. The van der Waals surface area contributed by atoms with Crippen LogP contribution in [0.1, 0.15) is 30.0 Å². The van der Waals surface area contributed by atoms with E-state index in [1.807, 2.05) is 18.2 Å². The average molecular weight is 276 g/mol. The molecule has 0 atom stereocenters. The van der Waals surface area contributed by atoms with Gasteiger partial charge in [-0.25, -0.2) is 0 Å². The molecule has 0 amide bonds. The van der Waals surface area contributed by atoms with Crippen molar-refractivity contribution in [1.29, 1.82) is 0 Å². The van der Waals surface area contributed by atoms with E-state index in [0.29, 0.717) is 5.75 Å². The zero-order chi connectivity index (χ0) is 14.7. The molecule has 0 spiro atoms. The number of aromatic hydroxyl groups is 1.